The Balaban J connectivity index is 1.98. The monoisotopic (exact) mass is 355 g/mol. The Labute approximate surface area is 156 Å². The van der Waals surface area contributed by atoms with Crippen LogP contribution in [0.15, 0.2) is 54.6 Å². The lowest BCUT2D eigenvalue weighted by Crippen LogP contribution is -2.43. The first-order chi connectivity index (χ1) is 12.4. The van der Waals surface area contributed by atoms with Gasteiger partial charge in [-0.25, -0.2) is 0 Å². The summed E-state index contributed by atoms with van der Waals surface area (Å²) >= 11 is 0. The predicted octanol–water partition coefficient (Wildman–Crippen LogP) is 4.13. The summed E-state index contributed by atoms with van der Waals surface area (Å²) in [5.74, 6) is 0.605. The molecule has 1 unspecified atom stereocenters. The fourth-order valence-corrected chi connectivity index (χ4v) is 2.65. The average molecular weight is 355 g/mol. The van der Waals surface area contributed by atoms with Crippen LogP contribution in [0.2, 0.25) is 0 Å². The van der Waals surface area contributed by atoms with E-state index in [0.717, 1.165) is 16.9 Å². The second kappa shape index (κ2) is 9.97. The van der Waals surface area contributed by atoms with Gasteiger partial charge in [-0.15, -0.1) is 0 Å². The van der Waals surface area contributed by atoms with Crippen molar-refractivity contribution in [1.29, 1.82) is 0 Å². The summed E-state index contributed by atoms with van der Waals surface area (Å²) in [6, 6.07) is 17.4. The third-order valence-electron chi connectivity index (χ3n) is 3.78. The third kappa shape index (κ3) is 6.89. The van der Waals surface area contributed by atoms with Crippen molar-refractivity contribution < 1.29 is 14.3 Å². The molecular weight excluding hydrogens is 326 g/mol. The van der Waals surface area contributed by atoms with Crippen molar-refractivity contribution in [3.63, 3.8) is 0 Å². The van der Waals surface area contributed by atoms with E-state index in [0.29, 0.717) is 6.42 Å². The van der Waals surface area contributed by atoms with Gasteiger partial charge >= 0.3 is 5.97 Å². The van der Waals surface area contributed by atoms with E-state index in [-0.39, 0.29) is 30.8 Å². The number of benzene rings is 2. The molecule has 0 aliphatic heterocycles. The normalized spacial score (nSPS) is 12.2. The average Bonchev–Trinajstić information content (AvgIpc) is 2.61. The Kier molecular flexibility index (Phi) is 7.67. The zero-order valence-corrected chi connectivity index (χ0v) is 16.1. The maximum absolute atomic E-state index is 12.6. The van der Waals surface area contributed by atoms with Crippen molar-refractivity contribution >= 4 is 5.97 Å². The second-order valence-corrected chi connectivity index (χ2v) is 6.98. The molecule has 0 aromatic heterocycles. The van der Waals surface area contributed by atoms with Crippen LogP contribution in [0.1, 0.15) is 38.8 Å². The number of carbonyl (C=O) groups excluding carboxylic acids is 1. The highest BCUT2D eigenvalue weighted by molar-refractivity contribution is 5.76. The van der Waals surface area contributed by atoms with Crippen molar-refractivity contribution in [2.24, 2.45) is 0 Å². The number of esters is 1. The van der Waals surface area contributed by atoms with E-state index < -0.39 is 0 Å². The number of ether oxygens (including phenoxy) is 2. The van der Waals surface area contributed by atoms with Crippen LogP contribution in [-0.2, 0) is 22.6 Å². The molecule has 0 bridgehead atoms. The van der Waals surface area contributed by atoms with Crippen LogP contribution < -0.4 is 10.1 Å². The molecule has 140 valence electrons. The minimum atomic E-state index is -0.379. The molecule has 0 radical (unpaired) electrons. The van der Waals surface area contributed by atoms with E-state index in [4.69, 9.17) is 9.47 Å². The Morgan fingerprint density at radius 3 is 2.15 bits per heavy atom. The molecular formula is C22H29NO3. The first-order valence-electron chi connectivity index (χ1n) is 9.16. The van der Waals surface area contributed by atoms with Crippen molar-refractivity contribution in [2.75, 3.05) is 0 Å². The molecule has 0 heterocycles. The van der Waals surface area contributed by atoms with Crippen LogP contribution >= 0.6 is 0 Å². The SMILES string of the molecule is CC(C)NC(Cc1ccc(OC(C)C)cc1)C(=O)OCc1ccccc1. The summed E-state index contributed by atoms with van der Waals surface area (Å²) < 4.78 is 11.2. The van der Waals surface area contributed by atoms with E-state index in [1.165, 1.54) is 0 Å². The highest BCUT2D eigenvalue weighted by Crippen LogP contribution is 2.15. The molecule has 0 saturated heterocycles. The van der Waals surface area contributed by atoms with Crippen LogP contribution in [-0.4, -0.2) is 24.2 Å². The molecule has 0 spiro atoms. The maximum Gasteiger partial charge on any atom is 0.323 e. The third-order valence-corrected chi connectivity index (χ3v) is 3.78. The molecule has 2 aromatic rings. The van der Waals surface area contributed by atoms with Crippen molar-refractivity contribution in [3.8, 4) is 5.75 Å². The zero-order valence-electron chi connectivity index (χ0n) is 16.1. The molecule has 26 heavy (non-hydrogen) atoms. The molecule has 0 amide bonds. The number of hydrogen-bond donors (Lipinski definition) is 1. The fraction of sp³-hybridized carbons (Fsp3) is 0.409. The molecule has 0 saturated carbocycles. The van der Waals surface area contributed by atoms with Gasteiger partial charge in [0.1, 0.15) is 18.4 Å². The fourth-order valence-electron chi connectivity index (χ4n) is 2.65. The van der Waals surface area contributed by atoms with E-state index in [1.54, 1.807) is 0 Å². The first kappa shape index (κ1) is 20.0. The van der Waals surface area contributed by atoms with Gasteiger partial charge in [0.05, 0.1) is 6.10 Å². The van der Waals surface area contributed by atoms with Crippen molar-refractivity contribution in [2.45, 2.75) is 58.9 Å². The minimum Gasteiger partial charge on any atom is -0.491 e. The van der Waals surface area contributed by atoms with Crippen LogP contribution in [0.5, 0.6) is 5.75 Å². The molecule has 0 aliphatic carbocycles. The van der Waals surface area contributed by atoms with E-state index in [1.807, 2.05) is 82.3 Å². The van der Waals surface area contributed by atoms with Crippen LogP contribution in [0.3, 0.4) is 0 Å². The van der Waals surface area contributed by atoms with E-state index >= 15 is 0 Å². The Morgan fingerprint density at radius 1 is 0.923 bits per heavy atom. The summed E-state index contributed by atoms with van der Waals surface area (Å²) in [6.45, 7) is 8.34. The Bertz CT molecular complexity index is 666. The standard InChI is InChI=1S/C22H29NO3/c1-16(2)23-21(22(24)25-15-19-8-6-5-7-9-19)14-18-10-12-20(13-11-18)26-17(3)4/h5-13,16-17,21,23H,14-15H2,1-4H3. The predicted molar refractivity (Wildman–Crippen MR) is 104 cm³/mol. The lowest BCUT2D eigenvalue weighted by Gasteiger charge is -2.20. The lowest BCUT2D eigenvalue weighted by molar-refractivity contribution is -0.147. The Hall–Kier alpha value is -2.33. The van der Waals surface area contributed by atoms with Gasteiger partial charge < -0.3 is 14.8 Å². The zero-order chi connectivity index (χ0) is 18.9. The van der Waals surface area contributed by atoms with Crippen molar-refractivity contribution in [3.05, 3.63) is 65.7 Å². The minimum absolute atomic E-state index is 0.143. The summed E-state index contributed by atoms with van der Waals surface area (Å²) in [5, 5.41) is 3.31. The lowest BCUT2D eigenvalue weighted by atomic mass is 10.0. The number of carbonyl (C=O) groups is 1. The highest BCUT2D eigenvalue weighted by atomic mass is 16.5. The molecule has 1 atom stereocenters. The van der Waals surface area contributed by atoms with Gasteiger partial charge in [0, 0.05) is 6.04 Å². The molecule has 0 fully saturated rings. The topological polar surface area (TPSA) is 47.6 Å². The largest absolute Gasteiger partial charge is 0.491 e. The van der Waals surface area contributed by atoms with Gasteiger partial charge in [0.25, 0.3) is 0 Å². The smallest absolute Gasteiger partial charge is 0.323 e. The number of hydrogen-bond acceptors (Lipinski definition) is 4. The van der Waals surface area contributed by atoms with Crippen molar-refractivity contribution in [1.82, 2.24) is 5.32 Å². The van der Waals surface area contributed by atoms with Gasteiger partial charge in [-0.2, -0.15) is 0 Å². The quantitative estimate of drug-likeness (QED) is 0.687. The summed E-state index contributed by atoms with van der Waals surface area (Å²) in [5.41, 5.74) is 2.05. The summed E-state index contributed by atoms with van der Waals surface area (Å²) in [4.78, 5) is 12.6. The molecule has 4 heteroatoms. The van der Waals surface area contributed by atoms with Crippen LogP contribution in [0.25, 0.3) is 0 Å². The number of rotatable bonds is 9. The molecule has 2 aromatic carbocycles. The maximum atomic E-state index is 12.6. The van der Waals surface area contributed by atoms with E-state index in [2.05, 4.69) is 5.32 Å². The van der Waals surface area contributed by atoms with Gasteiger partial charge in [0.2, 0.25) is 0 Å². The van der Waals surface area contributed by atoms with E-state index in [9.17, 15) is 4.79 Å². The van der Waals surface area contributed by atoms with Crippen LogP contribution in [0.4, 0.5) is 0 Å². The van der Waals surface area contributed by atoms with Gasteiger partial charge in [0.15, 0.2) is 0 Å². The van der Waals surface area contributed by atoms with Gasteiger partial charge in [-0.1, -0.05) is 56.3 Å². The van der Waals surface area contributed by atoms with Gasteiger partial charge in [-0.05, 0) is 43.5 Å². The highest BCUT2D eigenvalue weighted by Gasteiger charge is 2.21. The summed E-state index contributed by atoms with van der Waals surface area (Å²) in [7, 11) is 0. The van der Waals surface area contributed by atoms with Gasteiger partial charge in [-0.3, -0.25) is 4.79 Å². The second-order valence-electron chi connectivity index (χ2n) is 6.98. The summed E-state index contributed by atoms with van der Waals surface area (Å²) in [6.07, 6.45) is 0.720. The number of nitrogens with one attached hydrogen (secondary N) is 1. The first-order valence-corrected chi connectivity index (χ1v) is 9.16. The molecule has 2 rings (SSSR count). The molecule has 4 nitrogen and oxygen atoms in total. The molecule has 1 N–H and O–H groups in total. The molecule has 0 aliphatic rings. The van der Waals surface area contributed by atoms with Crippen LogP contribution in [0, 0.1) is 0 Å². The Morgan fingerprint density at radius 2 is 1.58 bits per heavy atom.